The van der Waals surface area contributed by atoms with Crippen molar-refractivity contribution in [2.45, 2.75) is 31.4 Å². The molecule has 0 unspecified atom stereocenters. The van der Waals surface area contributed by atoms with Crippen molar-refractivity contribution in [2.75, 3.05) is 37.7 Å². The zero-order chi connectivity index (χ0) is 21.4. The maximum atomic E-state index is 15.2. The smallest absolute Gasteiger partial charge is 0.341 e. The molecule has 160 valence electrons. The number of hydrogen-bond donors (Lipinski definition) is 1. The van der Waals surface area contributed by atoms with Crippen molar-refractivity contribution < 1.29 is 27.8 Å². The lowest BCUT2D eigenvalue weighted by molar-refractivity contribution is 0.0125. The number of alkyl halides is 2. The molecule has 0 radical (unpaired) electrons. The van der Waals surface area contributed by atoms with E-state index in [1.165, 1.54) is 10.6 Å². The quantitative estimate of drug-likeness (QED) is 0.799. The first kappa shape index (κ1) is 19.2. The molecule has 1 N–H and O–H groups in total. The third kappa shape index (κ3) is 2.77. The van der Waals surface area contributed by atoms with Gasteiger partial charge in [-0.25, -0.2) is 18.0 Å². The monoisotopic (exact) mass is 423 g/mol. The van der Waals surface area contributed by atoms with Crippen molar-refractivity contribution in [3.63, 3.8) is 0 Å². The molecule has 5 rings (SSSR count). The molecule has 2 fully saturated rings. The number of halogens is 3. The van der Waals surface area contributed by atoms with Gasteiger partial charge in [-0.2, -0.15) is 0 Å². The van der Waals surface area contributed by atoms with E-state index < -0.39 is 40.9 Å². The number of aromatic nitrogens is 1. The molecule has 0 saturated carbocycles. The molecular formula is C20H20F3N3O4. The number of carboxylic acid groups (broad SMARTS) is 1. The fourth-order valence-electron chi connectivity index (χ4n) is 4.92. The van der Waals surface area contributed by atoms with Crippen LogP contribution in [-0.2, 0) is 0 Å². The van der Waals surface area contributed by atoms with Gasteiger partial charge in [0.15, 0.2) is 11.6 Å². The van der Waals surface area contributed by atoms with Gasteiger partial charge in [0, 0.05) is 37.5 Å². The Morgan fingerprint density at radius 2 is 2.07 bits per heavy atom. The predicted octanol–water partition coefficient (Wildman–Crippen LogP) is 2.32. The van der Waals surface area contributed by atoms with Gasteiger partial charge in [0.1, 0.15) is 17.9 Å². The number of fused-ring (bicyclic) bond motifs is 1. The molecule has 3 aliphatic heterocycles. The molecule has 0 spiro atoms. The predicted molar refractivity (Wildman–Crippen MR) is 102 cm³/mol. The lowest BCUT2D eigenvalue weighted by Gasteiger charge is -2.40. The Labute approximate surface area is 169 Å². The summed E-state index contributed by atoms with van der Waals surface area (Å²) in [6.07, 6.45) is -0.279. The summed E-state index contributed by atoms with van der Waals surface area (Å²) in [5, 5.41) is 9.61. The summed E-state index contributed by atoms with van der Waals surface area (Å²) in [5.41, 5.74) is -0.638. The van der Waals surface area contributed by atoms with E-state index in [0.717, 1.165) is 6.07 Å². The van der Waals surface area contributed by atoms with Crippen molar-refractivity contribution in [1.82, 2.24) is 9.47 Å². The van der Waals surface area contributed by atoms with E-state index >= 15 is 4.39 Å². The van der Waals surface area contributed by atoms with Crippen LogP contribution in [0.1, 0.15) is 29.7 Å². The highest BCUT2D eigenvalue weighted by Crippen LogP contribution is 2.44. The molecule has 2 saturated heterocycles. The summed E-state index contributed by atoms with van der Waals surface area (Å²) in [4.78, 5) is 27.7. The van der Waals surface area contributed by atoms with Gasteiger partial charge < -0.3 is 14.7 Å². The Hall–Kier alpha value is -2.75. The van der Waals surface area contributed by atoms with Gasteiger partial charge in [0.25, 0.3) is 11.5 Å². The van der Waals surface area contributed by atoms with Crippen LogP contribution in [0.3, 0.4) is 0 Å². The zero-order valence-corrected chi connectivity index (χ0v) is 16.2. The number of nitrogens with zero attached hydrogens (tertiary/aromatic N) is 3. The minimum absolute atomic E-state index is 0.0724. The van der Waals surface area contributed by atoms with E-state index in [2.05, 4.69) is 0 Å². The Morgan fingerprint density at radius 1 is 1.30 bits per heavy atom. The SMILES string of the molecule is C[C@H]1COc2c(N3CCN4CC(F)(F)C[C@H]4C3)c(F)cc3cc(C(=O)O)c(=O)n1c23. The molecule has 3 aliphatic rings. The molecule has 2 atom stereocenters. The number of carbonyl (C=O) groups is 1. The van der Waals surface area contributed by atoms with E-state index in [1.807, 2.05) is 0 Å². The normalized spacial score (nSPS) is 25.3. The summed E-state index contributed by atoms with van der Waals surface area (Å²) >= 11 is 0. The van der Waals surface area contributed by atoms with Crippen LogP contribution in [-0.4, -0.2) is 65.3 Å². The highest BCUT2D eigenvalue weighted by atomic mass is 19.3. The van der Waals surface area contributed by atoms with Crippen LogP contribution in [0.15, 0.2) is 16.9 Å². The second kappa shape index (κ2) is 6.37. The van der Waals surface area contributed by atoms with Crippen LogP contribution >= 0.6 is 0 Å². The molecule has 0 bridgehead atoms. The maximum absolute atomic E-state index is 15.2. The van der Waals surface area contributed by atoms with Crippen LogP contribution in [0.4, 0.5) is 18.9 Å². The van der Waals surface area contributed by atoms with E-state index in [1.54, 1.807) is 16.7 Å². The minimum atomic E-state index is -2.75. The van der Waals surface area contributed by atoms with E-state index in [-0.39, 0.29) is 42.9 Å². The summed E-state index contributed by atoms with van der Waals surface area (Å²) in [7, 11) is 0. The maximum Gasteiger partial charge on any atom is 0.341 e. The number of carboxylic acids is 1. The summed E-state index contributed by atoms with van der Waals surface area (Å²) in [5.74, 6) is -4.60. The number of hydrogen-bond acceptors (Lipinski definition) is 5. The van der Waals surface area contributed by atoms with Gasteiger partial charge >= 0.3 is 5.97 Å². The molecule has 7 nitrogen and oxygen atoms in total. The first-order valence-electron chi connectivity index (χ1n) is 9.81. The van der Waals surface area contributed by atoms with Gasteiger partial charge in [-0.15, -0.1) is 0 Å². The standard InChI is InChI=1S/C20H20F3N3O4/c1-10-8-30-17-15-11(4-13(19(28)29)18(27)26(10)15)5-14(21)16(17)24-2-3-25-9-20(22,23)6-12(25)7-24/h4-5,10,12H,2-3,6-9H2,1H3,(H,28,29)/t10-,12-/m0/s1. The second-order valence-corrected chi connectivity index (χ2v) is 8.30. The van der Waals surface area contributed by atoms with E-state index in [4.69, 9.17) is 4.74 Å². The summed E-state index contributed by atoms with van der Waals surface area (Å²) in [6, 6.07) is 1.52. The number of anilines is 1. The number of piperazine rings is 1. The Kier molecular flexibility index (Phi) is 4.08. The number of pyridine rings is 1. The highest BCUT2D eigenvalue weighted by Gasteiger charge is 2.47. The first-order chi connectivity index (χ1) is 14.2. The molecule has 1 aromatic carbocycles. The van der Waals surface area contributed by atoms with Crippen LogP contribution in [0.25, 0.3) is 10.9 Å². The number of benzene rings is 1. The molecule has 0 amide bonds. The largest absolute Gasteiger partial charge is 0.487 e. The highest BCUT2D eigenvalue weighted by molar-refractivity contribution is 5.97. The fraction of sp³-hybridized carbons (Fsp3) is 0.500. The van der Waals surface area contributed by atoms with Crippen LogP contribution < -0.4 is 15.2 Å². The van der Waals surface area contributed by atoms with E-state index in [0.29, 0.717) is 18.6 Å². The van der Waals surface area contributed by atoms with Crippen molar-refractivity contribution in [2.24, 2.45) is 0 Å². The topological polar surface area (TPSA) is 75.0 Å². The molecule has 30 heavy (non-hydrogen) atoms. The molecule has 2 aromatic rings. The molecular weight excluding hydrogens is 403 g/mol. The van der Waals surface area contributed by atoms with Crippen molar-refractivity contribution in [1.29, 1.82) is 0 Å². The average molecular weight is 423 g/mol. The first-order valence-corrected chi connectivity index (χ1v) is 9.81. The third-order valence-electron chi connectivity index (χ3n) is 6.23. The Morgan fingerprint density at radius 3 is 2.80 bits per heavy atom. The number of aromatic carboxylic acids is 1. The van der Waals surface area contributed by atoms with Crippen LogP contribution in [0.2, 0.25) is 0 Å². The van der Waals surface area contributed by atoms with Crippen molar-refractivity contribution >= 4 is 22.6 Å². The van der Waals surface area contributed by atoms with Gasteiger partial charge in [-0.05, 0) is 19.1 Å². The zero-order valence-electron chi connectivity index (χ0n) is 16.2. The molecule has 0 aliphatic carbocycles. The summed E-state index contributed by atoms with van der Waals surface area (Å²) < 4.78 is 50.0. The number of ether oxygens (including phenoxy) is 1. The minimum Gasteiger partial charge on any atom is -0.487 e. The average Bonchev–Trinajstić information content (AvgIpc) is 2.98. The van der Waals surface area contributed by atoms with Crippen LogP contribution in [0.5, 0.6) is 5.75 Å². The Bertz CT molecular complexity index is 1130. The van der Waals surface area contributed by atoms with Gasteiger partial charge in [0.05, 0.1) is 18.1 Å². The lowest BCUT2D eigenvalue weighted by Crippen LogP contribution is -2.50. The van der Waals surface area contributed by atoms with Crippen molar-refractivity contribution in [3.05, 3.63) is 33.9 Å². The molecule has 10 heteroatoms. The Balaban J connectivity index is 1.66. The lowest BCUT2D eigenvalue weighted by atomic mass is 10.0. The molecule has 1 aromatic heterocycles. The van der Waals surface area contributed by atoms with Gasteiger partial charge in [0.2, 0.25) is 0 Å². The molecule has 4 heterocycles. The van der Waals surface area contributed by atoms with Gasteiger partial charge in [-0.1, -0.05) is 0 Å². The second-order valence-electron chi connectivity index (χ2n) is 8.30. The van der Waals surface area contributed by atoms with Crippen LogP contribution in [0, 0.1) is 5.82 Å². The van der Waals surface area contributed by atoms with E-state index in [9.17, 15) is 23.5 Å². The fourth-order valence-corrected chi connectivity index (χ4v) is 4.92. The summed E-state index contributed by atoms with van der Waals surface area (Å²) in [6.45, 7) is 2.45. The third-order valence-corrected chi connectivity index (χ3v) is 6.23. The van der Waals surface area contributed by atoms with Crippen molar-refractivity contribution in [3.8, 4) is 5.75 Å². The van der Waals surface area contributed by atoms with Gasteiger partial charge in [-0.3, -0.25) is 14.3 Å². The number of rotatable bonds is 2.